The van der Waals surface area contributed by atoms with E-state index in [0.29, 0.717) is 17.0 Å². The Kier molecular flexibility index (Phi) is 5.76. The molecular weight excluding hydrogens is 324 g/mol. The Morgan fingerprint density at radius 1 is 1.17 bits per heavy atom. The number of phenolic OH excluding ortho intramolecular Hbond substituents is 1. The van der Waals surface area contributed by atoms with Crippen molar-refractivity contribution >= 4 is 28.9 Å². The first kappa shape index (κ1) is 17.7. The quantitative estimate of drug-likeness (QED) is 0.584. The fraction of sp³-hybridized carbons (Fsp3) is 0.222. The van der Waals surface area contributed by atoms with Crippen molar-refractivity contribution in [2.45, 2.75) is 26.9 Å². The standard InChI is InChI=1S/C18H20N2O3S/c1-11(2)23-14-7-5-13(6-8-14)17(22)20-18(24)19-15-9-4-12(3)10-16(15)21/h4-11,21H,1-3H3,(H2,19,20,22,24). The van der Waals surface area contributed by atoms with E-state index in [9.17, 15) is 9.90 Å². The van der Waals surface area contributed by atoms with Gasteiger partial charge in [-0.05, 0) is 75.0 Å². The van der Waals surface area contributed by atoms with Gasteiger partial charge in [-0.15, -0.1) is 0 Å². The summed E-state index contributed by atoms with van der Waals surface area (Å²) in [5, 5.41) is 15.3. The molecule has 0 spiro atoms. The average molecular weight is 344 g/mol. The monoisotopic (exact) mass is 344 g/mol. The molecule has 2 aromatic rings. The number of nitrogens with one attached hydrogen (secondary N) is 2. The maximum atomic E-state index is 12.2. The van der Waals surface area contributed by atoms with Gasteiger partial charge in [0.05, 0.1) is 11.8 Å². The number of phenols is 1. The summed E-state index contributed by atoms with van der Waals surface area (Å²) in [5.41, 5.74) is 1.83. The number of amides is 1. The van der Waals surface area contributed by atoms with E-state index in [4.69, 9.17) is 17.0 Å². The Morgan fingerprint density at radius 2 is 1.83 bits per heavy atom. The number of benzene rings is 2. The molecule has 0 radical (unpaired) electrons. The van der Waals surface area contributed by atoms with E-state index in [1.807, 2.05) is 26.8 Å². The van der Waals surface area contributed by atoms with Crippen LogP contribution in [0.25, 0.3) is 0 Å². The molecule has 0 saturated carbocycles. The molecule has 0 aromatic heterocycles. The maximum Gasteiger partial charge on any atom is 0.257 e. The van der Waals surface area contributed by atoms with E-state index in [0.717, 1.165) is 5.56 Å². The minimum Gasteiger partial charge on any atom is -0.506 e. The lowest BCUT2D eigenvalue weighted by molar-refractivity contribution is 0.0977. The molecule has 0 unspecified atom stereocenters. The molecule has 0 aliphatic rings. The van der Waals surface area contributed by atoms with Crippen molar-refractivity contribution in [1.29, 1.82) is 0 Å². The molecular formula is C18H20N2O3S. The first-order valence-corrected chi connectivity index (χ1v) is 7.94. The lowest BCUT2D eigenvalue weighted by atomic mass is 10.2. The number of carbonyl (C=O) groups excluding carboxylic acids is 1. The van der Waals surface area contributed by atoms with Crippen LogP contribution in [0.5, 0.6) is 11.5 Å². The molecule has 0 bridgehead atoms. The van der Waals surface area contributed by atoms with Crippen molar-refractivity contribution in [3.8, 4) is 11.5 Å². The molecule has 0 saturated heterocycles. The number of ether oxygens (including phenoxy) is 1. The van der Waals surface area contributed by atoms with E-state index in [-0.39, 0.29) is 22.9 Å². The number of thiocarbonyl (C=S) groups is 1. The molecule has 2 rings (SSSR count). The molecule has 2 aromatic carbocycles. The van der Waals surface area contributed by atoms with Crippen LogP contribution in [0.4, 0.5) is 5.69 Å². The number of carbonyl (C=O) groups is 1. The summed E-state index contributed by atoms with van der Waals surface area (Å²) in [4.78, 5) is 12.2. The lowest BCUT2D eigenvalue weighted by Crippen LogP contribution is -2.34. The van der Waals surface area contributed by atoms with Crippen LogP contribution in [0, 0.1) is 6.92 Å². The van der Waals surface area contributed by atoms with Gasteiger partial charge in [0.2, 0.25) is 0 Å². The highest BCUT2D eigenvalue weighted by Gasteiger charge is 2.10. The first-order valence-electron chi connectivity index (χ1n) is 7.54. The Hall–Kier alpha value is -2.60. The normalized spacial score (nSPS) is 10.3. The SMILES string of the molecule is Cc1ccc(NC(=S)NC(=O)c2ccc(OC(C)C)cc2)c(O)c1. The van der Waals surface area contributed by atoms with Crippen LogP contribution < -0.4 is 15.4 Å². The maximum absolute atomic E-state index is 12.2. The van der Waals surface area contributed by atoms with Crippen LogP contribution in [0.1, 0.15) is 29.8 Å². The first-order chi connectivity index (χ1) is 11.3. The van der Waals surface area contributed by atoms with E-state index in [1.54, 1.807) is 36.4 Å². The molecule has 0 atom stereocenters. The summed E-state index contributed by atoms with van der Waals surface area (Å²) < 4.78 is 5.53. The van der Waals surface area contributed by atoms with Crippen molar-refractivity contribution < 1.29 is 14.6 Å². The van der Waals surface area contributed by atoms with Gasteiger partial charge in [0.1, 0.15) is 11.5 Å². The third-order valence-corrected chi connectivity index (χ3v) is 3.32. The minimum absolute atomic E-state index is 0.0711. The second kappa shape index (κ2) is 7.79. The third-order valence-electron chi connectivity index (χ3n) is 3.12. The molecule has 0 fully saturated rings. The van der Waals surface area contributed by atoms with E-state index >= 15 is 0 Å². The molecule has 1 amide bonds. The highest BCUT2D eigenvalue weighted by atomic mass is 32.1. The van der Waals surface area contributed by atoms with Crippen LogP contribution in [-0.4, -0.2) is 22.2 Å². The summed E-state index contributed by atoms with van der Waals surface area (Å²) in [6.45, 7) is 5.74. The van der Waals surface area contributed by atoms with Gasteiger partial charge >= 0.3 is 0 Å². The average Bonchev–Trinajstić information content (AvgIpc) is 2.50. The number of aryl methyl sites for hydroxylation is 1. The van der Waals surface area contributed by atoms with Crippen LogP contribution in [0.2, 0.25) is 0 Å². The predicted molar refractivity (Wildman–Crippen MR) is 98.7 cm³/mol. The largest absolute Gasteiger partial charge is 0.506 e. The second-order valence-corrected chi connectivity index (χ2v) is 6.03. The summed E-state index contributed by atoms with van der Waals surface area (Å²) in [5.74, 6) is 0.434. The molecule has 6 heteroatoms. The molecule has 0 aliphatic carbocycles. The molecule has 3 N–H and O–H groups in total. The van der Waals surface area contributed by atoms with E-state index in [2.05, 4.69) is 10.6 Å². The van der Waals surface area contributed by atoms with Crippen molar-refractivity contribution in [2.24, 2.45) is 0 Å². The summed E-state index contributed by atoms with van der Waals surface area (Å²) in [6.07, 6.45) is 0.0728. The van der Waals surface area contributed by atoms with Crippen LogP contribution in [-0.2, 0) is 0 Å². The van der Waals surface area contributed by atoms with Gasteiger partial charge in [0.25, 0.3) is 5.91 Å². The van der Waals surface area contributed by atoms with E-state index < -0.39 is 0 Å². The number of hydrogen-bond donors (Lipinski definition) is 3. The fourth-order valence-corrected chi connectivity index (χ4v) is 2.24. The zero-order valence-electron chi connectivity index (χ0n) is 13.8. The van der Waals surface area contributed by atoms with Crippen molar-refractivity contribution in [2.75, 3.05) is 5.32 Å². The van der Waals surface area contributed by atoms with Crippen LogP contribution in [0.15, 0.2) is 42.5 Å². The zero-order chi connectivity index (χ0) is 17.7. The number of aromatic hydroxyl groups is 1. The highest BCUT2D eigenvalue weighted by molar-refractivity contribution is 7.80. The topological polar surface area (TPSA) is 70.6 Å². The van der Waals surface area contributed by atoms with Gasteiger partial charge in [0, 0.05) is 5.56 Å². The Labute approximate surface area is 146 Å². The highest BCUT2D eigenvalue weighted by Crippen LogP contribution is 2.23. The van der Waals surface area contributed by atoms with Crippen molar-refractivity contribution in [1.82, 2.24) is 5.32 Å². The van der Waals surface area contributed by atoms with E-state index in [1.165, 1.54) is 0 Å². The fourth-order valence-electron chi connectivity index (χ4n) is 2.03. The van der Waals surface area contributed by atoms with Crippen molar-refractivity contribution in [3.63, 3.8) is 0 Å². The van der Waals surface area contributed by atoms with Crippen molar-refractivity contribution in [3.05, 3.63) is 53.6 Å². The molecule has 24 heavy (non-hydrogen) atoms. The Morgan fingerprint density at radius 3 is 2.42 bits per heavy atom. The Balaban J connectivity index is 1.97. The number of rotatable bonds is 4. The number of anilines is 1. The van der Waals surface area contributed by atoms with Crippen LogP contribution >= 0.6 is 12.2 Å². The lowest BCUT2D eigenvalue weighted by Gasteiger charge is -2.12. The van der Waals surface area contributed by atoms with Crippen LogP contribution in [0.3, 0.4) is 0 Å². The van der Waals surface area contributed by atoms with Gasteiger partial charge in [-0.3, -0.25) is 10.1 Å². The van der Waals surface area contributed by atoms with Gasteiger partial charge in [-0.25, -0.2) is 0 Å². The predicted octanol–water partition coefficient (Wildman–Crippen LogP) is 3.61. The molecule has 126 valence electrons. The molecule has 5 nitrogen and oxygen atoms in total. The zero-order valence-corrected chi connectivity index (χ0v) is 14.6. The third kappa shape index (κ3) is 4.96. The second-order valence-electron chi connectivity index (χ2n) is 5.62. The van der Waals surface area contributed by atoms with Gasteiger partial charge in [-0.1, -0.05) is 6.07 Å². The summed E-state index contributed by atoms with van der Waals surface area (Å²) >= 11 is 5.11. The number of hydrogen-bond acceptors (Lipinski definition) is 4. The van der Waals surface area contributed by atoms with Gasteiger partial charge in [-0.2, -0.15) is 0 Å². The molecule has 0 heterocycles. The smallest absolute Gasteiger partial charge is 0.257 e. The van der Waals surface area contributed by atoms with Gasteiger partial charge < -0.3 is 15.2 Å². The minimum atomic E-state index is -0.338. The van der Waals surface area contributed by atoms with Gasteiger partial charge in [0.15, 0.2) is 5.11 Å². The molecule has 0 aliphatic heterocycles. The summed E-state index contributed by atoms with van der Waals surface area (Å²) in [6, 6.07) is 11.9. The summed E-state index contributed by atoms with van der Waals surface area (Å²) in [7, 11) is 0. The Bertz CT molecular complexity index is 742.